The van der Waals surface area contributed by atoms with Crippen LogP contribution in [0.4, 0.5) is 0 Å². The van der Waals surface area contributed by atoms with E-state index in [1.807, 2.05) is 12.1 Å². The zero-order valence-corrected chi connectivity index (χ0v) is 6.46. The molecule has 0 fully saturated rings. The fourth-order valence-electron chi connectivity index (χ4n) is 1.35. The maximum atomic E-state index is 5.40. The van der Waals surface area contributed by atoms with E-state index < -0.39 is 0 Å². The van der Waals surface area contributed by atoms with Gasteiger partial charge in [-0.2, -0.15) is 0 Å². The summed E-state index contributed by atoms with van der Waals surface area (Å²) >= 11 is 0. The Balaban J connectivity index is 2.50. The van der Waals surface area contributed by atoms with E-state index in [0.717, 1.165) is 24.5 Å². The molecule has 0 atom stereocenters. The van der Waals surface area contributed by atoms with Gasteiger partial charge in [0, 0.05) is 12.0 Å². The SMILES string of the molecule is COc1cccc2c1OCC2. The van der Waals surface area contributed by atoms with E-state index in [-0.39, 0.29) is 0 Å². The summed E-state index contributed by atoms with van der Waals surface area (Å²) in [5, 5.41) is 0. The Morgan fingerprint density at radius 3 is 3.18 bits per heavy atom. The molecule has 1 aliphatic heterocycles. The monoisotopic (exact) mass is 150 g/mol. The van der Waals surface area contributed by atoms with Crippen LogP contribution in [0.1, 0.15) is 5.56 Å². The smallest absolute Gasteiger partial charge is 0.164 e. The van der Waals surface area contributed by atoms with E-state index in [9.17, 15) is 0 Å². The molecule has 0 unspecified atom stereocenters. The van der Waals surface area contributed by atoms with Crippen LogP contribution in [0.3, 0.4) is 0 Å². The van der Waals surface area contributed by atoms with Gasteiger partial charge in [0.1, 0.15) is 0 Å². The lowest BCUT2D eigenvalue weighted by molar-refractivity contribution is 0.326. The molecule has 2 rings (SSSR count). The van der Waals surface area contributed by atoms with E-state index in [4.69, 9.17) is 9.47 Å². The minimum atomic E-state index is 0.787. The van der Waals surface area contributed by atoms with E-state index in [0.29, 0.717) is 0 Å². The Morgan fingerprint density at radius 2 is 2.36 bits per heavy atom. The number of benzene rings is 1. The van der Waals surface area contributed by atoms with Gasteiger partial charge in [-0.1, -0.05) is 12.1 Å². The molecule has 0 aliphatic carbocycles. The van der Waals surface area contributed by atoms with Crippen LogP contribution in [-0.2, 0) is 6.42 Å². The molecule has 58 valence electrons. The Hall–Kier alpha value is -1.18. The van der Waals surface area contributed by atoms with E-state index in [2.05, 4.69) is 6.07 Å². The number of rotatable bonds is 1. The first kappa shape index (κ1) is 6.53. The molecule has 0 amide bonds. The number of fused-ring (bicyclic) bond motifs is 1. The molecule has 0 spiro atoms. The van der Waals surface area contributed by atoms with Gasteiger partial charge in [-0.15, -0.1) is 0 Å². The van der Waals surface area contributed by atoms with E-state index in [1.165, 1.54) is 5.56 Å². The summed E-state index contributed by atoms with van der Waals surface area (Å²) in [5.74, 6) is 1.77. The maximum Gasteiger partial charge on any atom is 0.164 e. The summed E-state index contributed by atoms with van der Waals surface area (Å²) in [4.78, 5) is 0. The molecule has 2 heteroatoms. The second kappa shape index (κ2) is 2.46. The summed E-state index contributed by atoms with van der Waals surface area (Å²) < 4.78 is 10.5. The van der Waals surface area contributed by atoms with Gasteiger partial charge in [0.2, 0.25) is 0 Å². The Morgan fingerprint density at radius 1 is 1.45 bits per heavy atom. The van der Waals surface area contributed by atoms with Crippen molar-refractivity contribution in [3.05, 3.63) is 23.8 Å². The first-order valence-corrected chi connectivity index (χ1v) is 3.70. The highest BCUT2D eigenvalue weighted by Crippen LogP contribution is 2.34. The van der Waals surface area contributed by atoms with Gasteiger partial charge in [-0.3, -0.25) is 0 Å². The van der Waals surface area contributed by atoms with Crippen LogP contribution < -0.4 is 9.47 Å². The van der Waals surface area contributed by atoms with Gasteiger partial charge in [0.15, 0.2) is 11.5 Å². The zero-order valence-electron chi connectivity index (χ0n) is 6.46. The summed E-state index contributed by atoms with van der Waals surface area (Å²) in [6, 6.07) is 5.99. The number of hydrogen-bond acceptors (Lipinski definition) is 2. The maximum absolute atomic E-state index is 5.40. The van der Waals surface area contributed by atoms with Crippen LogP contribution >= 0.6 is 0 Å². The van der Waals surface area contributed by atoms with Gasteiger partial charge in [0.05, 0.1) is 13.7 Å². The highest BCUT2D eigenvalue weighted by molar-refractivity contribution is 5.48. The molecule has 2 nitrogen and oxygen atoms in total. The minimum absolute atomic E-state index is 0.787. The summed E-state index contributed by atoms with van der Waals surface area (Å²) in [6.07, 6.45) is 1.01. The van der Waals surface area contributed by atoms with Gasteiger partial charge in [-0.05, 0) is 6.07 Å². The molecule has 0 aromatic heterocycles. The lowest BCUT2D eigenvalue weighted by Crippen LogP contribution is -1.89. The molecule has 1 aromatic rings. The number of ether oxygens (including phenoxy) is 2. The summed E-state index contributed by atoms with van der Waals surface area (Å²) in [5.41, 5.74) is 1.25. The normalized spacial score (nSPS) is 13.9. The molecule has 1 aliphatic rings. The average Bonchev–Trinajstić information content (AvgIpc) is 2.50. The third-order valence-electron chi connectivity index (χ3n) is 1.90. The quantitative estimate of drug-likeness (QED) is 0.605. The Kier molecular flexibility index (Phi) is 1.46. The molecule has 0 N–H and O–H groups in total. The predicted molar refractivity (Wildman–Crippen MR) is 42.2 cm³/mol. The topological polar surface area (TPSA) is 18.5 Å². The van der Waals surface area contributed by atoms with Crippen molar-refractivity contribution >= 4 is 0 Å². The van der Waals surface area contributed by atoms with Crippen molar-refractivity contribution < 1.29 is 9.47 Å². The molecule has 0 saturated heterocycles. The number of hydrogen-bond donors (Lipinski definition) is 0. The van der Waals surface area contributed by atoms with Crippen molar-refractivity contribution in [3.8, 4) is 11.5 Å². The highest BCUT2D eigenvalue weighted by Gasteiger charge is 2.15. The van der Waals surface area contributed by atoms with Crippen molar-refractivity contribution in [2.45, 2.75) is 6.42 Å². The largest absolute Gasteiger partial charge is 0.493 e. The van der Waals surface area contributed by atoms with Crippen molar-refractivity contribution in [3.63, 3.8) is 0 Å². The predicted octanol–water partition coefficient (Wildman–Crippen LogP) is 1.63. The Labute approximate surface area is 65.7 Å². The van der Waals surface area contributed by atoms with Crippen LogP contribution in [0.5, 0.6) is 11.5 Å². The third kappa shape index (κ3) is 0.946. The minimum Gasteiger partial charge on any atom is -0.493 e. The van der Waals surface area contributed by atoms with Gasteiger partial charge in [-0.25, -0.2) is 0 Å². The zero-order chi connectivity index (χ0) is 7.68. The van der Waals surface area contributed by atoms with E-state index in [1.54, 1.807) is 7.11 Å². The van der Waals surface area contributed by atoms with Gasteiger partial charge in [0.25, 0.3) is 0 Å². The molecule has 0 bridgehead atoms. The van der Waals surface area contributed by atoms with Gasteiger partial charge < -0.3 is 9.47 Å². The molecular formula is C9H10O2. The van der Waals surface area contributed by atoms with Crippen molar-refractivity contribution in [1.82, 2.24) is 0 Å². The van der Waals surface area contributed by atoms with Crippen molar-refractivity contribution in [1.29, 1.82) is 0 Å². The summed E-state index contributed by atoms with van der Waals surface area (Å²) in [6.45, 7) is 0.787. The molecule has 1 aromatic carbocycles. The number of methoxy groups -OCH3 is 1. The lowest BCUT2D eigenvalue weighted by atomic mass is 10.2. The molecule has 0 radical (unpaired) electrons. The Bertz CT molecular complexity index is 268. The van der Waals surface area contributed by atoms with Crippen LogP contribution in [0, 0.1) is 0 Å². The van der Waals surface area contributed by atoms with Crippen LogP contribution in [0.15, 0.2) is 18.2 Å². The fourth-order valence-corrected chi connectivity index (χ4v) is 1.35. The molecule has 11 heavy (non-hydrogen) atoms. The number of para-hydroxylation sites is 1. The lowest BCUT2D eigenvalue weighted by Gasteiger charge is -2.04. The fraction of sp³-hybridized carbons (Fsp3) is 0.333. The van der Waals surface area contributed by atoms with Crippen LogP contribution in [0.25, 0.3) is 0 Å². The average molecular weight is 150 g/mol. The molecular weight excluding hydrogens is 140 g/mol. The van der Waals surface area contributed by atoms with Crippen LogP contribution in [-0.4, -0.2) is 13.7 Å². The van der Waals surface area contributed by atoms with E-state index >= 15 is 0 Å². The second-order valence-corrected chi connectivity index (χ2v) is 2.55. The van der Waals surface area contributed by atoms with Gasteiger partial charge >= 0.3 is 0 Å². The summed E-state index contributed by atoms with van der Waals surface area (Å²) in [7, 11) is 1.66. The first-order valence-electron chi connectivity index (χ1n) is 3.70. The van der Waals surface area contributed by atoms with Crippen molar-refractivity contribution in [2.75, 3.05) is 13.7 Å². The first-order chi connectivity index (χ1) is 5.42. The second-order valence-electron chi connectivity index (χ2n) is 2.55. The molecule has 1 heterocycles. The standard InChI is InChI=1S/C9H10O2/c1-10-8-4-2-3-7-5-6-11-9(7)8/h2-4H,5-6H2,1H3. The van der Waals surface area contributed by atoms with Crippen LogP contribution in [0.2, 0.25) is 0 Å². The third-order valence-corrected chi connectivity index (χ3v) is 1.90. The van der Waals surface area contributed by atoms with Crippen molar-refractivity contribution in [2.24, 2.45) is 0 Å². The highest BCUT2D eigenvalue weighted by atomic mass is 16.5. The molecule has 0 saturated carbocycles.